The summed E-state index contributed by atoms with van der Waals surface area (Å²) in [6.07, 6.45) is 8.84. The van der Waals surface area contributed by atoms with Gasteiger partial charge in [0.25, 0.3) is 0 Å². The maximum Gasteiger partial charge on any atom is 0.0466 e. The van der Waals surface area contributed by atoms with Crippen LogP contribution in [0.4, 0.5) is 0 Å². The lowest BCUT2D eigenvalue weighted by Gasteiger charge is -2.06. The van der Waals surface area contributed by atoms with Crippen molar-refractivity contribution in [3.05, 3.63) is 0 Å². The molecule has 0 unspecified atom stereocenters. The molecule has 5 heteroatoms. The predicted octanol–water partition coefficient (Wildman–Crippen LogP) is 3.04. The summed E-state index contributed by atoms with van der Waals surface area (Å²) in [6.45, 7) is 7.02. The summed E-state index contributed by atoms with van der Waals surface area (Å²) in [5.41, 5.74) is 0. The molecule has 0 aliphatic heterocycles. The molecule has 0 saturated heterocycles. The Morgan fingerprint density at radius 1 is 0.478 bits per heavy atom. The van der Waals surface area contributed by atoms with Crippen LogP contribution < -0.4 is 5.32 Å². The fourth-order valence-corrected chi connectivity index (χ4v) is 2.07. The van der Waals surface area contributed by atoms with E-state index in [0.29, 0.717) is 0 Å². The zero-order valence-corrected chi connectivity index (χ0v) is 15.4. The third-order valence-corrected chi connectivity index (χ3v) is 3.48. The Labute approximate surface area is 143 Å². The lowest BCUT2D eigenvalue weighted by Crippen LogP contribution is -2.10. The van der Waals surface area contributed by atoms with Crippen molar-refractivity contribution in [2.45, 2.75) is 51.4 Å². The third-order valence-electron chi connectivity index (χ3n) is 3.48. The minimum absolute atomic E-state index is 0.834. The summed E-state index contributed by atoms with van der Waals surface area (Å²) < 4.78 is 21.1. The van der Waals surface area contributed by atoms with E-state index in [0.717, 1.165) is 104 Å². The van der Waals surface area contributed by atoms with Crippen molar-refractivity contribution < 1.29 is 18.9 Å². The Morgan fingerprint density at radius 3 is 1.22 bits per heavy atom. The zero-order valence-electron chi connectivity index (χ0n) is 15.4. The molecule has 0 aliphatic carbocycles. The van der Waals surface area contributed by atoms with Crippen molar-refractivity contribution in [1.82, 2.24) is 5.32 Å². The van der Waals surface area contributed by atoms with Crippen LogP contribution in [0.3, 0.4) is 0 Å². The van der Waals surface area contributed by atoms with Gasteiger partial charge < -0.3 is 18.9 Å². The molecule has 0 saturated carbocycles. The van der Waals surface area contributed by atoms with Gasteiger partial charge in [-0.15, -0.1) is 0 Å². The molecular weight excluding hydrogens is 294 g/mol. The van der Waals surface area contributed by atoms with Gasteiger partial charge in [-0.1, -0.05) is 0 Å². The number of hydrogen-bond donors (Lipinski definition) is 0. The van der Waals surface area contributed by atoms with E-state index < -0.39 is 0 Å². The van der Waals surface area contributed by atoms with Gasteiger partial charge in [0.2, 0.25) is 0 Å². The van der Waals surface area contributed by atoms with Gasteiger partial charge in [-0.25, -0.2) is 5.32 Å². The van der Waals surface area contributed by atoms with E-state index in [1.807, 2.05) is 0 Å². The molecule has 0 aromatic heterocycles. The Hall–Kier alpha value is -0.200. The normalized spacial score (nSPS) is 11.2. The van der Waals surface area contributed by atoms with Crippen molar-refractivity contribution in [3.63, 3.8) is 0 Å². The van der Waals surface area contributed by atoms with E-state index in [4.69, 9.17) is 18.9 Å². The van der Waals surface area contributed by atoms with Gasteiger partial charge in [0, 0.05) is 67.0 Å². The van der Waals surface area contributed by atoms with Crippen molar-refractivity contribution in [2.75, 3.05) is 67.0 Å². The fraction of sp³-hybridized carbons (Fsp3) is 1.00. The first-order chi connectivity index (χ1) is 11.4. The molecule has 0 bridgehead atoms. The standard InChI is InChI=1S/C18H38NO4/c1-20-13-7-9-17-22-15-5-3-11-19-12-4-6-16-23-18-10-8-14-21-2/h3-18H2,1-2H3. The molecule has 23 heavy (non-hydrogen) atoms. The van der Waals surface area contributed by atoms with Gasteiger partial charge in [0.05, 0.1) is 0 Å². The second-order valence-electron chi connectivity index (χ2n) is 5.71. The molecule has 1 radical (unpaired) electrons. The van der Waals surface area contributed by atoms with Gasteiger partial charge in [-0.3, -0.25) is 0 Å². The van der Waals surface area contributed by atoms with Crippen LogP contribution in [0.1, 0.15) is 51.4 Å². The second-order valence-corrected chi connectivity index (χ2v) is 5.71. The van der Waals surface area contributed by atoms with Crippen LogP contribution >= 0.6 is 0 Å². The molecule has 0 heterocycles. The van der Waals surface area contributed by atoms with E-state index >= 15 is 0 Å². The Kier molecular flexibility index (Phi) is 21.6. The highest BCUT2D eigenvalue weighted by Crippen LogP contribution is 1.96. The van der Waals surface area contributed by atoms with Crippen LogP contribution in [0.25, 0.3) is 0 Å². The van der Waals surface area contributed by atoms with Crippen LogP contribution in [0.15, 0.2) is 0 Å². The van der Waals surface area contributed by atoms with E-state index in [-0.39, 0.29) is 0 Å². The highest BCUT2D eigenvalue weighted by Gasteiger charge is 1.94. The summed E-state index contributed by atoms with van der Waals surface area (Å²) in [6, 6.07) is 0. The maximum absolute atomic E-state index is 5.57. The molecule has 0 atom stereocenters. The number of unbranched alkanes of at least 4 members (excludes halogenated alkanes) is 4. The number of rotatable bonds is 20. The summed E-state index contributed by atoms with van der Waals surface area (Å²) >= 11 is 0. The molecule has 0 fully saturated rings. The van der Waals surface area contributed by atoms with E-state index in [1.165, 1.54) is 0 Å². The third kappa shape index (κ3) is 21.8. The zero-order chi connectivity index (χ0) is 16.8. The Morgan fingerprint density at radius 2 is 0.826 bits per heavy atom. The van der Waals surface area contributed by atoms with Crippen molar-refractivity contribution in [3.8, 4) is 0 Å². The van der Waals surface area contributed by atoms with Crippen molar-refractivity contribution in [1.29, 1.82) is 0 Å². The van der Waals surface area contributed by atoms with Gasteiger partial charge in [-0.2, -0.15) is 0 Å². The summed E-state index contributed by atoms with van der Waals surface area (Å²) in [7, 11) is 3.48. The largest absolute Gasteiger partial charge is 0.385 e. The van der Waals surface area contributed by atoms with E-state index in [9.17, 15) is 0 Å². The molecule has 5 nitrogen and oxygen atoms in total. The Bertz CT molecular complexity index is 185. The highest BCUT2D eigenvalue weighted by molar-refractivity contribution is 4.49. The minimum Gasteiger partial charge on any atom is -0.385 e. The fourth-order valence-electron chi connectivity index (χ4n) is 2.07. The van der Waals surface area contributed by atoms with Gasteiger partial charge in [0.15, 0.2) is 0 Å². The van der Waals surface area contributed by atoms with Gasteiger partial charge in [-0.05, 0) is 51.4 Å². The van der Waals surface area contributed by atoms with Crippen LogP contribution in [0.2, 0.25) is 0 Å². The number of hydrogen-bond acceptors (Lipinski definition) is 4. The van der Waals surface area contributed by atoms with E-state index in [2.05, 4.69) is 5.32 Å². The average molecular weight is 333 g/mol. The molecule has 139 valence electrons. The molecule has 0 amide bonds. The number of methoxy groups -OCH3 is 2. The first-order valence-electron chi connectivity index (χ1n) is 9.18. The smallest absolute Gasteiger partial charge is 0.0466 e. The SMILES string of the molecule is COCCCCOCCCC[N]CCCCOCCCCOC. The second kappa shape index (κ2) is 21.8. The maximum atomic E-state index is 5.57. The topological polar surface area (TPSA) is 51.0 Å². The lowest BCUT2D eigenvalue weighted by atomic mass is 10.3. The molecular formula is C18H38NO4. The summed E-state index contributed by atoms with van der Waals surface area (Å²) in [5, 5.41) is 4.54. The lowest BCUT2D eigenvalue weighted by molar-refractivity contribution is 0.115. The van der Waals surface area contributed by atoms with Crippen LogP contribution in [0, 0.1) is 0 Å². The van der Waals surface area contributed by atoms with Crippen molar-refractivity contribution in [2.24, 2.45) is 0 Å². The summed E-state index contributed by atoms with van der Waals surface area (Å²) in [5.74, 6) is 0. The van der Waals surface area contributed by atoms with Crippen LogP contribution in [0.5, 0.6) is 0 Å². The first kappa shape index (κ1) is 22.8. The molecule has 0 aromatic carbocycles. The first-order valence-corrected chi connectivity index (χ1v) is 9.18. The monoisotopic (exact) mass is 332 g/mol. The highest BCUT2D eigenvalue weighted by atomic mass is 16.5. The number of nitrogens with zero attached hydrogens (tertiary/aromatic N) is 1. The number of ether oxygens (including phenoxy) is 4. The van der Waals surface area contributed by atoms with Crippen LogP contribution in [-0.4, -0.2) is 67.0 Å². The van der Waals surface area contributed by atoms with Crippen LogP contribution in [-0.2, 0) is 18.9 Å². The minimum atomic E-state index is 0.834. The van der Waals surface area contributed by atoms with Gasteiger partial charge in [0.1, 0.15) is 0 Å². The molecule has 0 N–H and O–H groups in total. The molecule has 0 aromatic rings. The molecule has 0 spiro atoms. The van der Waals surface area contributed by atoms with Gasteiger partial charge >= 0.3 is 0 Å². The van der Waals surface area contributed by atoms with E-state index in [1.54, 1.807) is 14.2 Å². The predicted molar refractivity (Wildman–Crippen MR) is 94.2 cm³/mol. The van der Waals surface area contributed by atoms with Crippen molar-refractivity contribution >= 4 is 0 Å². The molecule has 0 rings (SSSR count). The average Bonchev–Trinajstić information content (AvgIpc) is 2.57. The quantitative estimate of drug-likeness (QED) is 0.322. The molecule has 0 aliphatic rings. The Balaban J connectivity index is 2.92. The summed E-state index contributed by atoms with van der Waals surface area (Å²) in [4.78, 5) is 0.